The summed E-state index contributed by atoms with van der Waals surface area (Å²) in [5, 5.41) is 11.6. The van der Waals surface area contributed by atoms with Crippen LogP contribution in [0.1, 0.15) is 5.56 Å². The number of carbonyl (C=O) groups excluding carboxylic acids is 1. The molecule has 0 radical (unpaired) electrons. The Kier molecular flexibility index (Phi) is 5.93. The lowest BCUT2D eigenvalue weighted by Crippen LogP contribution is -2.15. The average molecular weight is 482 g/mol. The lowest BCUT2D eigenvalue weighted by Gasteiger charge is -2.11. The van der Waals surface area contributed by atoms with Crippen molar-refractivity contribution in [2.45, 2.75) is 12.1 Å². The molecule has 25 heavy (non-hydrogen) atoms. The number of carbonyl (C=O) groups is 1. The minimum atomic E-state index is -0.113. The number of halogens is 2. The van der Waals surface area contributed by atoms with E-state index in [0.29, 0.717) is 5.16 Å². The van der Waals surface area contributed by atoms with Gasteiger partial charge in [-0.1, -0.05) is 30.0 Å². The van der Waals surface area contributed by atoms with Crippen molar-refractivity contribution in [1.82, 2.24) is 14.8 Å². The summed E-state index contributed by atoms with van der Waals surface area (Å²) in [7, 11) is 0. The molecule has 0 aliphatic heterocycles. The van der Waals surface area contributed by atoms with Gasteiger partial charge in [0.15, 0.2) is 5.16 Å². The quantitative estimate of drug-likeness (QED) is 0.530. The van der Waals surface area contributed by atoms with E-state index in [1.165, 1.54) is 11.8 Å². The van der Waals surface area contributed by atoms with Gasteiger partial charge in [-0.3, -0.25) is 9.36 Å². The first-order chi connectivity index (χ1) is 12.0. The SMILES string of the molecule is Cc1cc(Br)c(NC(=O)CSc2nncn2-c2ccccc2)c(Br)c1. The average Bonchev–Trinajstić information content (AvgIpc) is 3.05. The minimum Gasteiger partial charge on any atom is -0.323 e. The van der Waals surface area contributed by atoms with E-state index in [4.69, 9.17) is 0 Å². The third kappa shape index (κ3) is 4.50. The van der Waals surface area contributed by atoms with Crippen LogP contribution >= 0.6 is 43.6 Å². The van der Waals surface area contributed by atoms with Crippen LogP contribution in [0, 0.1) is 6.92 Å². The predicted octanol–water partition coefficient (Wildman–Crippen LogP) is 4.83. The van der Waals surface area contributed by atoms with Crippen LogP contribution in [0.25, 0.3) is 5.69 Å². The van der Waals surface area contributed by atoms with Gasteiger partial charge in [0, 0.05) is 14.6 Å². The highest BCUT2D eigenvalue weighted by Gasteiger charge is 2.13. The summed E-state index contributed by atoms with van der Waals surface area (Å²) in [6, 6.07) is 13.7. The largest absolute Gasteiger partial charge is 0.323 e. The van der Waals surface area contributed by atoms with Crippen molar-refractivity contribution >= 4 is 55.2 Å². The predicted molar refractivity (Wildman–Crippen MR) is 107 cm³/mol. The number of aryl methyl sites for hydroxylation is 1. The zero-order valence-corrected chi connectivity index (χ0v) is 17.2. The van der Waals surface area contributed by atoms with E-state index in [-0.39, 0.29) is 11.7 Å². The molecule has 0 saturated heterocycles. The van der Waals surface area contributed by atoms with E-state index in [9.17, 15) is 4.79 Å². The second-order valence-electron chi connectivity index (χ2n) is 5.26. The molecule has 1 heterocycles. The third-order valence-electron chi connectivity index (χ3n) is 3.33. The lowest BCUT2D eigenvalue weighted by molar-refractivity contribution is -0.113. The molecule has 0 saturated carbocycles. The number of aromatic nitrogens is 3. The minimum absolute atomic E-state index is 0.113. The molecule has 0 atom stereocenters. The molecule has 0 fully saturated rings. The number of thioether (sulfide) groups is 1. The van der Waals surface area contributed by atoms with Crippen LogP contribution < -0.4 is 5.32 Å². The standard InChI is InChI=1S/C17H14Br2N4OS/c1-11-7-13(18)16(14(19)8-11)21-15(24)9-25-17-22-20-10-23(17)12-5-3-2-4-6-12/h2-8,10H,9H2,1H3,(H,21,24). The highest BCUT2D eigenvalue weighted by molar-refractivity contribution is 9.11. The molecule has 128 valence electrons. The number of benzene rings is 2. The van der Waals surface area contributed by atoms with Gasteiger partial charge in [0.1, 0.15) is 6.33 Å². The fourth-order valence-electron chi connectivity index (χ4n) is 2.21. The molecule has 2 aromatic carbocycles. The highest BCUT2D eigenvalue weighted by atomic mass is 79.9. The van der Waals surface area contributed by atoms with Gasteiger partial charge in [0.05, 0.1) is 11.4 Å². The first-order valence-electron chi connectivity index (χ1n) is 7.38. The molecule has 1 N–H and O–H groups in total. The van der Waals surface area contributed by atoms with Gasteiger partial charge in [-0.15, -0.1) is 10.2 Å². The summed E-state index contributed by atoms with van der Waals surface area (Å²) in [5.74, 6) is 0.121. The van der Waals surface area contributed by atoms with Crippen molar-refractivity contribution in [1.29, 1.82) is 0 Å². The molecule has 1 aromatic heterocycles. The van der Waals surface area contributed by atoms with E-state index >= 15 is 0 Å². The summed E-state index contributed by atoms with van der Waals surface area (Å²) in [5.41, 5.74) is 2.78. The van der Waals surface area contributed by atoms with Gasteiger partial charge in [-0.25, -0.2) is 0 Å². The van der Waals surface area contributed by atoms with E-state index in [1.54, 1.807) is 6.33 Å². The Hall–Kier alpha value is -1.64. The molecule has 0 bridgehead atoms. The van der Waals surface area contributed by atoms with Crippen molar-refractivity contribution in [3.63, 3.8) is 0 Å². The van der Waals surface area contributed by atoms with Crippen LogP contribution in [-0.4, -0.2) is 26.4 Å². The number of rotatable bonds is 5. The van der Waals surface area contributed by atoms with Crippen LogP contribution in [0.4, 0.5) is 5.69 Å². The van der Waals surface area contributed by atoms with Crippen molar-refractivity contribution in [3.05, 3.63) is 63.3 Å². The molecule has 3 rings (SSSR count). The number of amides is 1. The molecule has 5 nitrogen and oxygen atoms in total. The van der Waals surface area contributed by atoms with Gasteiger partial charge in [-0.2, -0.15) is 0 Å². The van der Waals surface area contributed by atoms with Crippen molar-refractivity contribution in [3.8, 4) is 5.69 Å². The summed E-state index contributed by atoms with van der Waals surface area (Å²) in [6.45, 7) is 1.99. The Morgan fingerprint density at radius 2 is 1.88 bits per heavy atom. The van der Waals surface area contributed by atoms with E-state index < -0.39 is 0 Å². The summed E-state index contributed by atoms with van der Waals surface area (Å²) in [4.78, 5) is 12.3. The molecule has 1 amide bonds. The van der Waals surface area contributed by atoms with Gasteiger partial charge < -0.3 is 5.32 Å². The molecule has 0 unspecified atom stereocenters. The van der Waals surface area contributed by atoms with Crippen LogP contribution in [-0.2, 0) is 4.79 Å². The number of para-hydroxylation sites is 1. The first kappa shape index (κ1) is 18.2. The van der Waals surface area contributed by atoms with E-state index in [0.717, 1.165) is 25.9 Å². The second kappa shape index (κ2) is 8.16. The van der Waals surface area contributed by atoms with Crippen molar-refractivity contribution < 1.29 is 4.79 Å². The maximum atomic E-state index is 12.3. The summed E-state index contributed by atoms with van der Waals surface area (Å²) < 4.78 is 3.53. The first-order valence-corrected chi connectivity index (χ1v) is 9.95. The second-order valence-corrected chi connectivity index (χ2v) is 7.91. The molecule has 0 spiro atoms. The Morgan fingerprint density at radius 3 is 2.56 bits per heavy atom. The van der Waals surface area contributed by atoms with Crippen molar-refractivity contribution in [2.75, 3.05) is 11.1 Å². The maximum absolute atomic E-state index is 12.3. The smallest absolute Gasteiger partial charge is 0.234 e. The van der Waals surface area contributed by atoms with Crippen molar-refractivity contribution in [2.24, 2.45) is 0 Å². The number of hydrogen-bond donors (Lipinski definition) is 1. The zero-order valence-electron chi connectivity index (χ0n) is 13.2. The van der Waals surface area contributed by atoms with Gasteiger partial charge in [0.25, 0.3) is 0 Å². The molecule has 0 aliphatic rings. The monoisotopic (exact) mass is 480 g/mol. The van der Waals surface area contributed by atoms with E-state index in [2.05, 4.69) is 47.4 Å². The van der Waals surface area contributed by atoms with Gasteiger partial charge >= 0.3 is 0 Å². The van der Waals surface area contributed by atoms with Gasteiger partial charge in [0.2, 0.25) is 5.91 Å². The normalized spacial score (nSPS) is 10.7. The Labute approximate surface area is 166 Å². The number of nitrogens with zero attached hydrogens (tertiary/aromatic N) is 3. The number of anilines is 1. The number of hydrogen-bond acceptors (Lipinski definition) is 4. The fourth-order valence-corrected chi connectivity index (χ4v) is 4.56. The molecular formula is C17H14Br2N4OS. The number of nitrogens with one attached hydrogen (secondary N) is 1. The molecule has 8 heteroatoms. The topological polar surface area (TPSA) is 59.8 Å². The van der Waals surface area contributed by atoms with Crippen LogP contribution in [0.3, 0.4) is 0 Å². The van der Waals surface area contributed by atoms with Gasteiger partial charge in [-0.05, 0) is 68.6 Å². The van der Waals surface area contributed by atoms with E-state index in [1.807, 2.05) is 54.0 Å². The van der Waals surface area contributed by atoms with Crippen LogP contribution in [0.5, 0.6) is 0 Å². The highest BCUT2D eigenvalue weighted by Crippen LogP contribution is 2.32. The lowest BCUT2D eigenvalue weighted by atomic mass is 10.2. The van der Waals surface area contributed by atoms with Crippen LogP contribution in [0.15, 0.2) is 62.9 Å². The Morgan fingerprint density at radius 1 is 1.20 bits per heavy atom. The molecule has 0 aliphatic carbocycles. The summed E-state index contributed by atoms with van der Waals surface area (Å²) >= 11 is 8.30. The molecular weight excluding hydrogens is 468 g/mol. The molecule has 3 aromatic rings. The zero-order chi connectivity index (χ0) is 17.8. The third-order valence-corrected chi connectivity index (χ3v) is 5.53. The summed E-state index contributed by atoms with van der Waals surface area (Å²) in [6.07, 6.45) is 1.64. The fraction of sp³-hybridized carbons (Fsp3) is 0.118. The Balaban J connectivity index is 1.67. The van der Waals surface area contributed by atoms with Crippen LogP contribution in [0.2, 0.25) is 0 Å². The maximum Gasteiger partial charge on any atom is 0.234 e. The Bertz CT molecular complexity index is 876.